The number of halogens is 1. The largest absolute Gasteiger partial charge is 0.343 e. The van der Waals surface area contributed by atoms with Gasteiger partial charge in [0.15, 0.2) is 0 Å². The van der Waals surface area contributed by atoms with Crippen molar-refractivity contribution in [3.8, 4) is 10.6 Å². The van der Waals surface area contributed by atoms with Crippen LogP contribution in [0.25, 0.3) is 10.6 Å². The van der Waals surface area contributed by atoms with Crippen molar-refractivity contribution >= 4 is 39.9 Å². The molecule has 1 aromatic heterocycles. The molecule has 0 bridgehead atoms. The molecular formula is C27H25ClN4O2S. The molecule has 0 spiro atoms. The van der Waals surface area contributed by atoms with Gasteiger partial charge in [-0.15, -0.1) is 10.2 Å². The van der Waals surface area contributed by atoms with E-state index in [1.54, 1.807) is 12.1 Å². The van der Waals surface area contributed by atoms with Gasteiger partial charge in [-0.1, -0.05) is 103 Å². The van der Waals surface area contributed by atoms with E-state index in [-0.39, 0.29) is 17.7 Å². The molecule has 4 aromatic rings. The maximum atomic E-state index is 13.3. The molecule has 178 valence electrons. The third kappa shape index (κ3) is 6.53. The maximum Gasteiger partial charge on any atom is 0.249 e. The summed E-state index contributed by atoms with van der Waals surface area (Å²) in [5.74, 6) is -0.885. The lowest BCUT2D eigenvalue weighted by atomic mass is 9.94. The summed E-state index contributed by atoms with van der Waals surface area (Å²) in [5.41, 5.74) is 2.68. The van der Waals surface area contributed by atoms with E-state index in [0.29, 0.717) is 28.0 Å². The molecule has 2 N–H and O–H groups in total. The quantitative estimate of drug-likeness (QED) is 0.305. The molecule has 2 amide bonds. The molecule has 0 saturated heterocycles. The molecule has 6 nitrogen and oxygen atoms in total. The Kier molecular flexibility index (Phi) is 8.23. The lowest BCUT2D eigenvalue weighted by Crippen LogP contribution is -2.46. The molecule has 35 heavy (non-hydrogen) atoms. The molecular weight excluding hydrogens is 480 g/mol. The summed E-state index contributed by atoms with van der Waals surface area (Å²) >= 11 is 7.33. The van der Waals surface area contributed by atoms with E-state index in [2.05, 4.69) is 20.8 Å². The molecule has 2 atom stereocenters. The van der Waals surface area contributed by atoms with Crippen LogP contribution in [0.15, 0.2) is 84.9 Å². The first-order valence-electron chi connectivity index (χ1n) is 11.3. The van der Waals surface area contributed by atoms with Crippen LogP contribution in [0.4, 0.5) is 5.13 Å². The number of anilines is 1. The summed E-state index contributed by atoms with van der Waals surface area (Å²) in [6.07, 6.45) is 0.971. The van der Waals surface area contributed by atoms with E-state index in [0.717, 1.165) is 16.7 Å². The zero-order valence-electron chi connectivity index (χ0n) is 19.1. The Bertz CT molecular complexity index is 1280. The highest BCUT2D eigenvalue weighted by molar-refractivity contribution is 7.18. The molecule has 0 saturated carbocycles. The first-order valence-corrected chi connectivity index (χ1v) is 12.5. The number of hydrogen-bond acceptors (Lipinski definition) is 5. The molecule has 8 heteroatoms. The van der Waals surface area contributed by atoms with Crippen LogP contribution in [0.2, 0.25) is 5.02 Å². The van der Waals surface area contributed by atoms with Gasteiger partial charge in [0, 0.05) is 17.0 Å². The van der Waals surface area contributed by atoms with Crippen LogP contribution in [-0.4, -0.2) is 28.1 Å². The van der Waals surface area contributed by atoms with E-state index in [4.69, 9.17) is 11.6 Å². The lowest BCUT2D eigenvalue weighted by molar-refractivity contribution is -0.127. The number of carbonyl (C=O) groups is 2. The zero-order valence-corrected chi connectivity index (χ0v) is 20.7. The van der Waals surface area contributed by atoms with Crippen LogP contribution in [0.5, 0.6) is 0 Å². The van der Waals surface area contributed by atoms with Gasteiger partial charge in [-0.2, -0.15) is 0 Å². The number of amides is 2. The topological polar surface area (TPSA) is 84.0 Å². The summed E-state index contributed by atoms with van der Waals surface area (Å²) in [6, 6.07) is 25.7. The van der Waals surface area contributed by atoms with E-state index in [1.165, 1.54) is 11.3 Å². The molecule has 1 heterocycles. The van der Waals surface area contributed by atoms with Gasteiger partial charge in [0.1, 0.15) is 11.0 Å². The fourth-order valence-electron chi connectivity index (χ4n) is 3.79. The highest BCUT2D eigenvalue weighted by Gasteiger charge is 2.27. The second-order valence-corrected chi connectivity index (χ2v) is 9.45. The number of nitrogens with one attached hydrogen (secondary N) is 2. The summed E-state index contributed by atoms with van der Waals surface area (Å²) in [4.78, 5) is 26.5. The van der Waals surface area contributed by atoms with Gasteiger partial charge in [-0.05, 0) is 29.7 Å². The van der Waals surface area contributed by atoms with Crippen LogP contribution in [0, 0.1) is 0 Å². The first kappa shape index (κ1) is 24.6. The van der Waals surface area contributed by atoms with E-state index >= 15 is 0 Å². The van der Waals surface area contributed by atoms with Crippen molar-refractivity contribution in [3.63, 3.8) is 0 Å². The Labute approximate surface area is 213 Å². The van der Waals surface area contributed by atoms with Crippen molar-refractivity contribution in [1.82, 2.24) is 15.5 Å². The lowest BCUT2D eigenvalue weighted by Gasteiger charge is -2.22. The molecule has 4 rings (SSSR count). The van der Waals surface area contributed by atoms with Crippen molar-refractivity contribution in [2.24, 2.45) is 0 Å². The fraction of sp³-hybridized carbons (Fsp3) is 0.185. The van der Waals surface area contributed by atoms with Crippen LogP contribution in [0.3, 0.4) is 0 Å². The van der Waals surface area contributed by atoms with Gasteiger partial charge in [-0.25, -0.2) is 0 Å². The molecule has 2 unspecified atom stereocenters. The number of benzene rings is 3. The van der Waals surface area contributed by atoms with Gasteiger partial charge in [0.2, 0.25) is 16.9 Å². The predicted molar refractivity (Wildman–Crippen MR) is 141 cm³/mol. The van der Waals surface area contributed by atoms with Crippen LogP contribution >= 0.6 is 22.9 Å². The Morgan fingerprint density at radius 3 is 2.31 bits per heavy atom. The summed E-state index contributed by atoms with van der Waals surface area (Å²) in [5, 5.41) is 15.7. The van der Waals surface area contributed by atoms with Crippen LogP contribution in [0.1, 0.15) is 30.4 Å². The minimum atomic E-state index is -0.777. The summed E-state index contributed by atoms with van der Waals surface area (Å²) < 4.78 is 0. The monoisotopic (exact) mass is 504 g/mol. The maximum absolute atomic E-state index is 13.3. The van der Waals surface area contributed by atoms with Crippen molar-refractivity contribution in [2.45, 2.75) is 31.7 Å². The average Bonchev–Trinajstić information content (AvgIpc) is 3.34. The third-order valence-electron chi connectivity index (χ3n) is 5.57. The third-order valence-corrected chi connectivity index (χ3v) is 6.69. The number of nitrogens with zero attached hydrogens (tertiary/aromatic N) is 2. The van der Waals surface area contributed by atoms with E-state index < -0.39 is 6.04 Å². The summed E-state index contributed by atoms with van der Waals surface area (Å²) in [7, 11) is 0. The van der Waals surface area contributed by atoms with Crippen molar-refractivity contribution in [3.05, 3.63) is 101 Å². The highest BCUT2D eigenvalue weighted by Crippen LogP contribution is 2.28. The smallest absolute Gasteiger partial charge is 0.249 e. The fourth-order valence-corrected chi connectivity index (χ4v) is 4.73. The van der Waals surface area contributed by atoms with Gasteiger partial charge >= 0.3 is 0 Å². The van der Waals surface area contributed by atoms with Crippen molar-refractivity contribution < 1.29 is 9.59 Å². The Morgan fingerprint density at radius 2 is 1.63 bits per heavy atom. The number of carbonyl (C=O) groups excluding carboxylic acids is 2. The Balaban J connectivity index is 1.52. The second-order valence-electron chi connectivity index (χ2n) is 8.03. The molecule has 0 aliphatic carbocycles. The summed E-state index contributed by atoms with van der Waals surface area (Å²) in [6.45, 7) is 1.96. The van der Waals surface area contributed by atoms with Gasteiger partial charge < -0.3 is 5.32 Å². The number of rotatable bonds is 9. The van der Waals surface area contributed by atoms with Crippen LogP contribution < -0.4 is 10.6 Å². The second kappa shape index (κ2) is 11.7. The first-order chi connectivity index (χ1) is 17.0. The zero-order chi connectivity index (χ0) is 24.6. The van der Waals surface area contributed by atoms with E-state index in [1.807, 2.05) is 79.7 Å². The van der Waals surface area contributed by atoms with Crippen LogP contribution in [-0.2, 0) is 16.0 Å². The molecule has 0 fully saturated rings. The Hall–Kier alpha value is -3.55. The molecule has 0 radical (unpaired) electrons. The average molecular weight is 505 g/mol. The predicted octanol–water partition coefficient (Wildman–Crippen LogP) is 5.72. The Morgan fingerprint density at radius 1 is 0.914 bits per heavy atom. The molecule has 0 aliphatic rings. The van der Waals surface area contributed by atoms with Gasteiger partial charge in [-0.3, -0.25) is 14.9 Å². The minimum absolute atomic E-state index is 0.188. The van der Waals surface area contributed by atoms with Crippen molar-refractivity contribution in [2.75, 3.05) is 5.32 Å². The minimum Gasteiger partial charge on any atom is -0.343 e. The number of hydrogen-bond donors (Lipinski definition) is 2. The van der Waals surface area contributed by atoms with E-state index in [9.17, 15) is 9.59 Å². The number of aromatic nitrogens is 2. The highest BCUT2D eigenvalue weighted by atomic mass is 35.5. The molecule has 0 aliphatic heterocycles. The normalized spacial score (nSPS) is 12.5. The van der Waals surface area contributed by atoms with Gasteiger partial charge in [0.05, 0.1) is 5.92 Å². The van der Waals surface area contributed by atoms with Gasteiger partial charge in [0.25, 0.3) is 0 Å². The standard InChI is InChI=1S/C27H25ClN4O2S/c1-2-22(19-12-7-4-8-13-19)24(33)29-23(16-18-10-5-3-6-11-18)25(34)30-27-32-31-26(35-27)20-14-9-15-21(28)17-20/h3-15,17,22-23H,2,16H2,1H3,(H,29,33)(H,30,32,34). The van der Waals surface area contributed by atoms with Crippen molar-refractivity contribution in [1.29, 1.82) is 0 Å². The molecule has 3 aromatic carbocycles. The SMILES string of the molecule is CCC(C(=O)NC(Cc1ccccc1)C(=O)Nc1nnc(-c2cccc(Cl)c2)s1)c1ccccc1.